The molecule has 3 aliphatic rings. The maximum absolute atomic E-state index is 12.7. The molecule has 3 amide bonds. The first kappa shape index (κ1) is 18.2. The average molecular weight is 350 g/mol. The fourth-order valence-corrected chi connectivity index (χ4v) is 5.17. The SMILES string of the molecule is C[C@]1(C2CCCCC2)C(=O)NC(=O)N1[C@@H](CC1CCCCC1)C(=O)O. The summed E-state index contributed by atoms with van der Waals surface area (Å²) in [6, 6.07) is -1.44. The van der Waals surface area contributed by atoms with Gasteiger partial charge in [-0.3, -0.25) is 15.0 Å². The van der Waals surface area contributed by atoms with E-state index < -0.39 is 23.6 Å². The maximum Gasteiger partial charge on any atom is 0.326 e. The molecule has 2 atom stereocenters. The van der Waals surface area contributed by atoms with Gasteiger partial charge in [0.15, 0.2) is 0 Å². The van der Waals surface area contributed by atoms with E-state index in [4.69, 9.17) is 0 Å². The van der Waals surface area contributed by atoms with E-state index in [0.29, 0.717) is 12.3 Å². The molecule has 1 saturated heterocycles. The molecule has 0 unspecified atom stereocenters. The zero-order valence-electron chi connectivity index (χ0n) is 15.1. The molecule has 0 radical (unpaired) electrons. The molecule has 0 spiro atoms. The van der Waals surface area contributed by atoms with Crippen LogP contribution < -0.4 is 5.32 Å². The van der Waals surface area contributed by atoms with Crippen LogP contribution in [0.4, 0.5) is 4.79 Å². The van der Waals surface area contributed by atoms with Crippen molar-refractivity contribution in [1.82, 2.24) is 10.2 Å². The van der Waals surface area contributed by atoms with Crippen molar-refractivity contribution in [2.45, 2.75) is 89.1 Å². The number of nitrogens with zero attached hydrogens (tertiary/aromatic N) is 1. The van der Waals surface area contributed by atoms with Gasteiger partial charge in [-0.1, -0.05) is 51.4 Å². The minimum Gasteiger partial charge on any atom is -0.480 e. The summed E-state index contributed by atoms with van der Waals surface area (Å²) >= 11 is 0. The quantitative estimate of drug-likeness (QED) is 0.745. The summed E-state index contributed by atoms with van der Waals surface area (Å²) in [5, 5.41) is 12.3. The second-order valence-corrected chi connectivity index (χ2v) is 8.21. The molecule has 6 nitrogen and oxygen atoms in total. The van der Waals surface area contributed by atoms with Crippen molar-refractivity contribution in [3.05, 3.63) is 0 Å². The molecule has 3 fully saturated rings. The van der Waals surface area contributed by atoms with Crippen molar-refractivity contribution < 1.29 is 19.5 Å². The van der Waals surface area contributed by atoms with Gasteiger partial charge in [0, 0.05) is 0 Å². The Morgan fingerprint density at radius 2 is 1.68 bits per heavy atom. The monoisotopic (exact) mass is 350 g/mol. The lowest BCUT2D eigenvalue weighted by molar-refractivity contribution is -0.147. The van der Waals surface area contributed by atoms with Crippen LogP contribution in [0.5, 0.6) is 0 Å². The minimum atomic E-state index is -1.03. The van der Waals surface area contributed by atoms with Gasteiger partial charge in [0.2, 0.25) is 0 Å². The van der Waals surface area contributed by atoms with Crippen molar-refractivity contribution >= 4 is 17.9 Å². The van der Waals surface area contributed by atoms with Gasteiger partial charge in [-0.15, -0.1) is 0 Å². The predicted octanol–water partition coefficient (Wildman–Crippen LogP) is 3.30. The summed E-state index contributed by atoms with van der Waals surface area (Å²) in [6.07, 6.45) is 10.9. The number of carboxylic acid groups (broad SMARTS) is 1. The molecule has 140 valence electrons. The molecule has 6 heteroatoms. The second-order valence-electron chi connectivity index (χ2n) is 8.21. The smallest absolute Gasteiger partial charge is 0.326 e. The molecular formula is C19H30N2O4. The van der Waals surface area contributed by atoms with Crippen molar-refractivity contribution in [3.63, 3.8) is 0 Å². The fraction of sp³-hybridized carbons (Fsp3) is 0.842. The molecule has 2 N–H and O–H groups in total. The van der Waals surface area contributed by atoms with Crippen molar-refractivity contribution in [2.75, 3.05) is 0 Å². The van der Waals surface area contributed by atoms with E-state index in [1.165, 1.54) is 11.3 Å². The number of imide groups is 1. The first-order chi connectivity index (χ1) is 11.9. The Bertz CT molecular complexity index is 538. The minimum absolute atomic E-state index is 0.0425. The normalized spacial score (nSPS) is 30.4. The van der Waals surface area contributed by atoms with Gasteiger partial charge in [0.1, 0.15) is 11.6 Å². The molecular weight excluding hydrogens is 320 g/mol. The van der Waals surface area contributed by atoms with E-state index in [0.717, 1.165) is 57.8 Å². The van der Waals surface area contributed by atoms with Crippen LogP contribution in [0.25, 0.3) is 0 Å². The van der Waals surface area contributed by atoms with Crippen LogP contribution in [0.2, 0.25) is 0 Å². The predicted molar refractivity (Wildman–Crippen MR) is 93.0 cm³/mol. The van der Waals surface area contributed by atoms with Gasteiger partial charge in [-0.05, 0) is 38.0 Å². The van der Waals surface area contributed by atoms with E-state index in [2.05, 4.69) is 5.32 Å². The molecule has 2 aliphatic carbocycles. The number of amides is 3. The van der Waals surface area contributed by atoms with E-state index in [1.807, 2.05) is 0 Å². The van der Waals surface area contributed by atoms with Crippen LogP contribution in [0.1, 0.15) is 77.6 Å². The summed E-state index contributed by atoms with van der Waals surface area (Å²) in [5.74, 6) is -0.938. The number of hydrogen-bond acceptors (Lipinski definition) is 3. The summed E-state index contributed by atoms with van der Waals surface area (Å²) in [4.78, 5) is 38.7. The lowest BCUT2D eigenvalue weighted by Crippen LogP contribution is -2.59. The van der Waals surface area contributed by atoms with Crippen LogP contribution in [-0.4, -0.2) is 39.5 Å². The van der Waals surface area contributed by atoms with Gasteiger partial charge in [-0.25, -0.2) is 9.59 Å². The first-order valence-electron chi connectivity index (χ1n) is 9.82. The van der Waals surface area contributed by atoms with Crippen molar-refractivity contribution in [3.8, 4) is 0 Å². The largest absolute Gasteiger partial charge is 0.480 e. The summed E-state index contributed by atoms with van der Waals surface area (Å²) in [6.45, 7) is 1.78. The van der Waals surface area contributed by atoms with E-state index in [1.54, 1.807) is 6.92 Å². The molecule has 25 heavy (non-hydrogen) atoms. The lowest BCUT2D eigenvalue weighted by atomic mass is 9.73. The number of carbonyl (C=O) groups is 3. The fourth-order valence-electron chi connectivity index (χ4n) is 5.17. The Hall–Kier alpha value is -1.59. The van der Waals surface area contributed by atoms with Crippen LogP contribution in [0.15, 0.2) is 0 Å². The van der Waals surface area contributed by atoms with Crippen molar-refractivity contribution in [1.29, 1.82) is 0 Å². The average Bonchev–Trinajstić information content (AvgIpc) is 2.84. The van der Waals surface area contributed by atoms with Gasteiger partial charge in [-0.2, -0.15) is 0 Å². The number of nitrogens with one attached hydrogen (secondary N) is 1. The Balaban J connectivity index is 1.86. The highest BCUT2D eigenvalue weighted by molar-refractivity contribution is 6.08. The lowest BCUT2D eigenvalue weighted by Gasteiger charge is -2.43. The molecule has 1 aliphatic heterocycles. The van der Waals surface area contributed by atoms with Gasteiger partial charge in [0.05, 0.1) is 0 Å². The standard InChI is InChI=1S/C19H30N2O4/c1-19(14-10-6-3-7-11-14)17(24)20-18(25)21(19)15(16(22)23)12-13-8-4-2-5-9-13/h13-15H,2-12H2,1H3,(H,22,23)(H,20,24,25)/t15-,19-/m0/s1. The summed E-state index contributed by atoms with van der Waals surface area (Å²) < 4.78 is 0. The number of urea groups is 1. The highest BCUT2D eigenvalue weighted by Crippen LogP contribution is 2.41. The Labute approximate surface area is 149 Å². The number of rotatable bonds is 5. The van der Waals surface area contributed by atoms with Crippen LogP contribution in [-0.2, 0) is 9.59 Å². The molecule has 0 bridgehead atoms. The summed E-state index contributed by atoms with van der Waals surface area (Å²) in [7, 11) is 0. The number of aliphatic carboxylic acids is 1. The topological polar surface area (TPSA) is 86.7 Å². The molecule has 1 heterocycles. The van der Waals surface area contributed by atoms with E-state index in [9.17, 15) is 19.5 Å². The highest BCUT2D eigenvalue weighted by Gasteiger charge is 2.57. The Kier molecular flexibility index (Phi) is 5.35. The second kappa shape index (κ2) is 7.34. The zero-order chi connectivity index (χ0) is 18.0. The first-order valence-corrected chi connectivity index (χ1v) is 9.82. The zero-order valence-corrected chi connectivity index (χ0v) is 15.1. The Morgan fingerprint density at radius 3 is 2.24 bits per heavy atom. The van der Waals surface area contributed by atoms with E-state index >= 15 is 0 Å². The van der Waals surface area contributed by atoms with Gasteiger partial charge in [0.25, 0.3) is 5.91 Å². The number of carbonyl (C=O) groups excluding carboxylic acids is 2. The van der Waals surface area contributed by atoms with Crippen LogP contribution >= 0.6 is 0 Å². The van der Waals surface area contributed by atoms with Gasteiger partial charge < -0.3 is 5.11 Å². The highest BCUT2D eigenvalue weighted by atomic mass is 16.4. The maximum atomic E-state index is 12.7. The molecule has 0 aromatic carbocycles. The van der Waals surface area contributed by atoms with Gasteiger partial charge >= 0.3 is 12.0 Å². The molecule has 2 saturated carbocycles. The third-order valence-corrected chi connectivity index (χ3v) is 6.68. The summed E-state index contributed by atoms with van der Waals surface area (Å²) in [5.41, 5.74) is -1.03. The molecule has 0 aromatic rings. The third kappa shape index (κ3) is 3.40. The number of carboxylic acids is 1. The third-order valence-electron chi connectivity index (χ3n) is 6.68. The van der Waals surface area contributed by atoms with Crippen LogP contribution in [0, 0.1) is 11.8 Å². The Morgan fingerprint density at radius 1 is 1.12 bits per heavy atom. The van der Waals surface area contributed by atoms with E-state index in [-0.39, 0.29) is 11.8 Å². The molecule has 3 rings (SSSR count). The van der Waals surface area contributed by atoms with Crippen molar-refractivity contribution in [2.24, 2.45) is 11.8 Å². The molecule has 0 aromatic heterocycles. The van der Waals surface area contributed by atoms with Crippen LogP contribution in [0.3, 0.4) is 0 Å². The number of hydrogen-bond donors (Lipinski definition) is 2.